The van der Waals surface area contributed by atoms with Crippen molar-refractivity contribution in [1.82, 2.24) is 0 Å². The van der Waals surface area contributed by atoms with Crippen LogP contribution in [0.2, 0.25) is 0 Å². The number of hydrogen-bond acceptors (Lipinski definition) is 1. The molecule has 0 aliphatic rings. The van der Waals surface area contributed by atoms with Crippen LogP contribution in [0.1, 0.15) is 22.3 Å². The Kier molecular flexibility index (Phi) is 3.57. The largest absolute Gasteiger partial charge is 0.417 e. The number of hydrogen-bond donors (Lipinski definition) is 0. The van der Waals surface area contributed by atoms with Gasteiger partial charge in [-0.2, -0.15) is 18.4 Å². The fraction of sp³-hybridized carbons (Fsp3) is 0.133. The maximum Gasteiger partial charge on any atom is 0.417 e. The Morgan fingerprint density at radius 1 is 0.947 bits per heavy atom. The van der Waals surface area contributed by atoms with E-state index in [1.165, 1.54) is 6.07 Å². The van der Waals surface area contributed by atoms with Gasteiger partial charge < -0.3 is 0 Å². The highest BCUT2D eigenvalue weighted by Crippen LogP contribution is 2.32. The van der Waals surface area contributed by atoms with Crippen LogP contribution in [-0.2, 0) is 12.6 Å². The number of nitrogens with zero attached hydrogens (tertiary/aromatic N) is 1. The van der Waals surface area contributed by atoms with E-state index in [0.717, 1.165) is 11.6 Å². The van der Waals surface area contributed by atoms with Crippen LogP contribution in [0.15, 0.2) is 48.5 Å². The first-order valence-corrected chi connectivity index (χ1v) is 5.65. The zero-order valence-electron chi connectivity index (χ0n) is 9.91. The van der Waals surface area contributed by atoms with Gasteiger partial charge in [-0.3, -0.25) is 0 Å². The third kappa shape index (κ3) is 3.14. The number of nitriles is 1. The van der Waals surface area contributed by atoms with E-state index < -0.39 is 11.7 Å². The Labute approximate surface area is 108 Å². The van der Waals surface area contributed by atoms with Crippen molar-refractivity contribution in [2.45, 2.75) is 12.6 Å². The van der Waals surface area contributed by atoms with Crippen LogP contribution in [-0.4, -0.2) is 0 Å². The van der Waals surface area contributed by atoms with Gasteiger partial charge in [0, 0.05) is 0 Å². The van der Waals surface area contributed by atoms with Crippen molar-refractivity contribution in [3.05, 3.63) is 70.8 Å². The first-order chi connectivity index (χ1) is 9.00. The molecule has 2 aromatic rings. The highest BCUT2D eigenvalue weighted by molar-refractivity contribution is 5.43. The highest BCUT2D eigenvalue weighted by atomic mass is 19.4. The molecule has 0 unspecified atom stereocenters. The Balaban J connectivity index is 2.37. The summed E-state index contributed by atoms with van der Waals surface area (Å²) in [5.41, 5.74) is 0.255. The minimum Gasteiger partial charge on any atom is -0.192 e. The second kappa shape index (κ2) is 5.15. The minimum atomic E-state index is -4.50. The van der Waals surface area contributed by atoms with E-state index >= 15 is 0 Å². The maximum absolute atomic E-state index is 12.8. The van der Waals surface area contributed by atoms with Gasteiger partial charge >= 0.3 is 6.18 Å². The molecule has 2 rings (SSSR count). The summed E-state index contributed by atoms with van der Waals surface area (Å²) < 4.78 is 38.4. The normalized spacial score (nSPS) is 11.1. The Morgan fingerprint density at radius 3 is 2.21 bits per heavy atom. The van der Waals surface area contributed by atoms with E-state index in [0.29, 0.717) is 12.0 Å². The van der Waals surface area contributed by atoms with Crippen LogP contribution >= 0.6 is 0 Å². The Hall–Kier alpha value is -2.28. The molecule has 0 N–H and O–H groups in total. The van der Waals surface area contributed by atoms with Gasteiger partial charge in [-0.05, 0) is 29.7 Å². The number of halogens is 3. The first-order valence-electron chi connectivity index (χ1n) is 5.65. The summed E-state index contributed by atoms with van der Waals surface area (Å²) in [7, 11) is 0. The van der Waals surface area contributed by atoms with Crippen LogP contribution in [0.4, 0.5) is 13.2 Å². The van der Waals surface area contributed by atoms with Gasteiger partial charge in [-0.15, -0.1) is 0 Å². The molecular formula is C15H10F3N. The summed E-state index contributed by atoms with van der Waals surface area (Å²) in [6.45, 7) is 0. The average molecular weight is 261 g/mol. The van der Waals surface area contributed by atoms with Crippen LogP contribution < -0.4 is 0 Å². The lowest BCUT2D eigenvalue weighted by Gasteiger charge is -2.10. The zero-order chi connectivity index (χ0) is 13.9. The fourth-order valence-corrected chi connectivity index (χ4v) is 1.86. The molecule has 0 fully saturated rings. The van der Waals surface area contributed by atoms with Crippen molar-refractivity contribution in [3.8, 4) is 6.07 Å². The SMILES string of the molecule is N#Cc1ccc(Cc2ccccc2)cc1C(F)(F)F. The molecule has 0 aliphatic heterocycles. The van der Waals surface area contributed by atoms with Crippen molar-refractivity contribution in [2.75, 3.05) is 0 Å². The quantitative estimate of drug-likeness (QED) is 0.796. The molecule has 0 aliphatic carbocycles. The molecule has 0 spiro atoms. The predicted molar refractivity (Wildman–Crippen MR) is 65.4 cm³/mol. The Bertz CT molecular complexity index is 610. The van der Waals surface area contributed by atoms with Crippen molar-refractivity contribution < 1.29 is 13.2 Å². The summed E-state index contributed by atoms with van der Waals surface area (Å²) in [5.74, 6) is 0. The van der Waals surface area contributed by atoms with Gasteiger partial charge in [-0.1, -0.05) is 36.4 Å². The smallest absolute Gasteiger partial charge is 0.192 e. The molecule has 96 valence electrons. The lowest BCUT2D eigenvalue weighted by Crippen LogP contribution is -2.08. The number of benzene rings is 2. The Morgan fingerprint density at radius 2 is 1.63 bits per heavy atom. The molecular weight excluding hydrogens is 251 g/mol. The second-order valence-electron chi connectivity index (χ2n) is 4.15. The molecule has 0 atom stereocenters. The van der Waals surface area contributed by atoms with E-state index in [2.05, 4.69) is 0 Å². The fourth-order valence-electron chi connectivity index (χ4n) is 1.86. The minimum absolute atomic E-state index is 0.343. The van der Waals surface area contributed by atoms with Crippen LogP contribution in [0.25, 0.3) is 0 Å². The molecule has 0 bridgehead atoms. The van der Waals surface area contributed by atoms with Crippen molar-refractivity contribution >= 4 is 0 Å². The van der Waals surface area contributed by atoms with Crippen LogP contribution in [0.3, 0.4) is 0 Å². The van der Waals surface area contributed by atoms with Gasteiger partial charge in [0.1, 0.15) is 0 Å². The summed E-state index contributed by atoms with van der Waals surface area (Å²) in [4.78, 5) is 0. The second-order valence-corrected chi connectivity index (χ2v) is 4.15. The van der Waals surface area contributed by atoms with Crippen molar-refractivity contribution in [1.29, 1.82) is 5.26 Å². The molecule has 1 nitrogen and oxygen atoms in total. The monoisotopic (exact) mass is 261 g/mol. The van der Waals surface area contributed by atoms with E-state index in [4.69, 9.17) is 5.26 Å². The molecule has 0 radical (unpaired) electrons. The lowest BCUT2D eigenvalue weighted by atomic mass is 9.99. The van der Waals surface area contributed by atoms with E-state index in [9.17, 15) is 13.2 Å². The number of rotatable bonds is 2. The first kappa shape index (κ1) is 13.2. The van der Waals surface area contributed by atoms with Crippen LogP contribution in [0.5, 0.6) is 0 Å². The van der Waals surface area contributed by atoms with Gasteiger partial charge in [0.2, 0.25) is 0 Å². The lowest BCUT2D eigenvalue weighted by molar-refractivity contribution is -0.137. The number of alkyl halides is 3. The zero-order valence-corrected chi connectivity index (χ0v) is 9.91. The summed E-state index contributed by atoms with van der Waals surface area (Å²) in [6, 6.07) is 14.6. The van der Waals surface area contributed by atoms with E-state index in [1.807, 2.05) is 30.3 Å². The molecule has 19 heavy (non-hydrogen) atoms. The van der Waals surface area contributed by atoms with Gasteiger partial charge in [0.25, 0.3) is 0 Å². The third-order valence-corrected chi connectivity index (χ3v) is 2.76. The van der Waals surface area contributed by atoms with Crippen molar-refractivity contribution in [2.24, 2.45) is 0 Å². The van der Waals surface area contributed by atoms with Gasteiger partial charge in [0.15, 0.2) is 0 Å². The molecule has 0 aromatic heterocycles. The van der Waals surface area contributed by atoms with Gasteiger partial charge in [-0.25, -0.2) is 0 Å². The third-order valence-electron chi connectivity index (χ3n) is 2.76. The standard InChI is InChI=1S/C15H10F3N/c16-15(17,18)14-9-12(6-7-13(14)10-19)8-11-4-2-1-3-5-11/h1-7,9H,8H2. The summed E-state index contributed by atoms with van der Waals surface area (Å²) in [5, 5.41) is 8.71. The molecule has 0 heterocycles. The van der Waals surface area contributed by atoms with Crippen LogP contribution in [0, 0.1) is 11.3 Å². The van der Waals surface area contributed by atoms with E-state index in [1.54, 1.807) is 12.1 Å². The van der Waals surface area contributed by atoms with E-state index in [-0.39, 0.29) is 5.56 Å². The highest BCUT2D eigenvalue weighted by Gasteiger charge is 2.33. The summed E-state index contributed by atoms with van der Waals surface area (Å²) >= 11 is 0. The molecule has 4 heteroatoms. The van der Waals surface area contributed by atoms with Crippen molar-refractivity contribution in [3.63, 3.8) is 0 Å². The molecule has 0 amide bonds. The maximum atomic E-state index is 12.8. The predicted octanol–water partition coefficient (Wildman–Crippen LogP) is 4.17. The van der Waals surface area contributed by atoms with Gasteiger partial charge in [0.05, 0.1) is 17.2 Å². The molecule has 2 aromatic carbocycles. The topological polar surface area (TPSA) is 23.8 Å². The molecule has 0 saturated heterocycles. The molecule has 0 saturated carbocycles. The average Bonchev–Trinajstić information content (AvgIpc) is 2.39. The summed E-state index contributed by atoms with van der Waals surface area (Å²) in [6.07, 6.45) is -4.09.